The first-order chi connectivity index (χ1) is 12.6. The summed E-state index contributed by atoms with van der Waals surface area (Å²) in [5.41, 5.74) is 1.19. The minimum atomic E-state index is -0.544. The summed E-state index contributed by atoms with van der Waals surface area (Å²) >= 11 is 12.5. The lowest BCUT2D eigenvalue weighted by Crippen LogP contribution is -2.48. The van der Waals surface area contributed by atoms with Gasteiger partial charge >= 0.3 is 0 Å². The van der Waals surface area contributed by atoms with Gasteiger partial charge in [-0.3, -0.25) is 9.59 Å². The molecule has 1 N–H and O–H groups in total. The number of nitrogens with zero attached hydrogens (tertiary/aromatic N) is 1. The molecule has 0 spiro atoms. The molecule has 1 aliphatic rings. The Labute approximate surface area is 163 Å². The largest absolute Gasteiger partial charge is 0.354 e. The zero-order valence-corrected chi connectivity index (χ0v) is 15.8. The van der Waals surface area contributed by atoms with Crippen molar-refractivity contribution in [3.8, 4) is 0 Å². The van der Waals surface area contributed by atoms with Crippen molar-refractivity contribution in [3.63, 3.8) is 0 Å². The number of halogens is 2. The van der Waals surface area contributed by atoms with Crippen molar-refractivity contribution in [2.24, 2.45) is 0 Å². The SMILES string of the molecule is O=C1NCCCCC1N(Cc1ccccc1Cl)C(=O)c1ccccc1Cl. The molecule has 1 unspecified atom stereocenters. The molecular formula is C20H20Cl2N2O2. The Hall–Kier alpha value is -2.04. The second kappa shape index (κ2) is 8.56. The van der Waals surface area contributed by atoms with Gasteiger partial charge in [0.1, 0.15) is 6.04 Å². The van der Waals surface area contributed by atoms with Crippen molar-refractivity contribution in [2.45, 2.75) is 31.8 Å². The molecule has 4 nitrogen and oxygen atoms in total. The summed E-state index contributed by atoms with van der Waals surface area (Å²) in [5.74, 6) is -0.396. The second-order valence-corrected chi connectivity index (χ2v) is 7.12. The minimum Gasteiger partial charge on any atom is -0.354 e. The summed E-state index contributed by atoms with van der Waals surface area (Å²) in [5, 5.41) is 3.84. The Bertz CT molecular complexity index is 810. The van der Waals surface area contributed by atoms with Crippen LogP contribution in [0.25, 0.3) is 0 Å². The predicted octanol–water partition coefficient (Wildman–Crippen LogP) is 4.30. The molecule has 0 bridgehead atoms. The van der Waals surface area contributed by atoms with Crippen LogP contribution in [0.2, 0.25) is 10.0 Å². The van der Waals surface area contributed by atoms with Gasteiger partial charge in [0.15, 0.2) is 0 Å². The summed E-state index contributed by atoms with van der Waals surface area (Å²) in [6, 6.07) is 13.7. The molecule has 1 heterocycles. The van der Waals surface area contributed by atoms with E-state index in [0.29, 0.717) is 28.6 Å². The molecule has 26 heavy (non-hydrogen) atoms. The van der Waals surface area contributed by atoms with Crippen LogP contribution in [0, 0.1) is 0 Å². The van der Waals surface area contributed by atoms with E-state index in [0.717, 1.165) is 18.4 Å². The van der Waals surface area contributed by atoms with Gasteiger partial charge in [-0.25, -0.2) is 0 Å². The quantitative estimate of drug-likeness (QED) is 0.845. The molecule has 1 saturated heterocycles. The number of hydrogen-bond acceptors (Lipinski definition) is 2. The van der Waals surface area contributed by atoms with Crippen molar-refractivity contribution in [1.29, 1.82) is 0 Å². The van der Waals surface area contributed by atoms with Crippen LogP contribution in [-0.2, 0) is 11.3 Å². The van der Waals surface area contributed by atoms with E-state index in [-0.39, 0.29) is 18.4 Å². The topological polar surface area (TPSA) is 49.4 Å². The third-order valence-corrected chi connectivity index (χ3v) is 5.24. The summed E-state index contributed by atoms with van der Waals surface area (Å²) in [7, 11) is 0. The fourth-order valence-corrected chi connectivity index (χ4v) is 3.56. The van der Waals surface area contributed by atoms with Crippen LogP contribution in [0.1, 0.15) is 35.2 Å². The van der Waals surface area contributed by atoms with Crippen LogP contribution in [0.4, 0.5) is 0 Å². The Kier molecular flexibility index (Phi) is 6.17. The number of carbonyl (C=O) groups is 2. The van der Waals surface area contributed by atoms with E-state index >= 15 is 0 Å². The molecule has 1 fully saturated rings. The maximum Gasteiger partial charge on any atom is 0.256 e. The molecule has 0 aliphatic carbocycles. The molecule has 136 valence electrons. The van der Waals surface area contributed by atoms with Crippen molar-refractivity contribution in [2.75, 3.05) is 6.54 Å². The molecule has 6 heteroatoms. The van der Waals surface area contributed by atoms with E-state index in [1.165, 1.54) is 0 Å². The average molecular weight is 391 g/mol. The summed E-state index contributed by atoms with van der Waals surface area (Å²) in [6.07, 6.45) is 2.40. The molecule has 1 atom stereocenters. The van der Waals surface area contributed by atoms with Gasteiger partial charge in [0.05, 0.1) is 10.6 Å². The molecule has 0 aromatic heterocycles. The van der Waals surface area contributed by atoms with Crippen LogP contribution in [-0.4, -0.2) is 29.3 Å². The van der Waals surface area contributed by atoms with Gasteiger partial charge in [-0.05, 0) is 43.0 Å². The molecular weight excluding hydrogens is 371 g/mol. The number of nitrogens with one attached hydrogen (secondary N) is 1. The van der Waals surface area contributed by atoms with Crippen LogP contribution in [0.5, 0.6) is 0 Å². The van der Waals surface area contributed by atoms with Gasteiger partial charge in [0.25, 0.3) is 5.91 Å². The average Bonchev–Trinajstić information content (AvgIpc) is 2.85. The highest BCUT2D eigenvalue weighted by atomic mass is 35.5. The molecule has 2 aromatic rings. The van der Waals surface area contributed by atoms with E-state index in [1.807, 2.05) is 18.2 Å². The van der Waals surface area contributed by atoms with Gasteiger partial charge < -0.3 is 10.2 Å². The van der Waals surface area contributed by atoms with E-state index in [2.05, 4.69) is 5.32 Å². The lowest BCUT2D eigenvalue weighted by molar-refractivity contribution is -0.125. The first-order valence-corrected chi connectivity index (χ1v) is 9.40. The highest BCUT2D eigenvalue weighted by Crippen LogP contribution is 2.25. The molecule has 3 rings (SSSR count). The Morgan fingerprint density at radius 1 is 1.04 bits per heavy atom. The van der Waals surface area contributed by atoms with E-state index in [4.69, 9.17) is 23.2 Å². The standard InChI is InChI=1S/C20H20Cl2N2O2/c21-16-9-3-1-7-14(16)13-24(18-11-5-6-12-23-19(18)25)20(26)15-8-2-4-10-17(15)22/h1-4,7-10,18H,5-6,11-13H2,(H,23,25). The summed E-state index contributed by atoms with van der Waals surface area (Å²) in [6.45, 7) is 0.886. The number of hydrogen-bond donors (Lipinski definition) is 1. The first kappa shape index (κ1) is 18.7. The highest BCUT2D eigenvalue weighted by Gasteiger charge is 2.32. The summed E-state index contributed by atoms with van der Waals surface area (Å²) < 4.78 is 0. The fraction of sp³-hybridized carbons (Fsp3) is 0.300. The van der Waals surface area contributed by atoms with Crippen LogP contribution in [0.15, 0.2) is 48.5 Å². The van der Waals surface area contributed by atoms with Gasteiger partial charge in [0, 0.05) is 18.1 Å². The summed E-state index contributed by atoms with van der Waals surface area (Å²) in [4.78, 5) is 27.4. The van der Waals surface area contributed by atoms with Gasteiger partial charge in [-0.15, -0.1) is 0 Å². The molecule has 2 amide bonds. The zero-order chi connectivity index (χ0) is 18.5. The number of rotatable bonds is 4. The van der Waals surface area contributed by atoms with Gasteiger partial charge in [0.2, 0.25) is 5.91 Å². The van der Waals surface area contributed by atoms with Crippen LogP contribution in [0.3, 0.4) is 0 Å². The molecule has 0 saturated carbocycles. The van der Waals surface area contributed by atoms with Crippen molar-refractivity contribution in [3.05, 3.63) is 69.7 Å². The highest BCUT2D eigenvalue weighted by molar-refractivity contribution is 6.34. The van der Waals surface area contributed by atoms with Gasteiger partial charge in [-0.1, -0.05) is 53.5 Å². The number of benzene rings is 2. The fourth-order valence-electron chi connectivity index (χ4n) is 3.14. The third-order valence-electron chi connectivity index (χ3n) is 4.55. The van der Waals surface area contributed by atoms with E-state index < -0.39 is 6.04 Å². The minimum absolute atomic E-state index is 0.130. The van der Waals surface area contributed by atoms with E-state index in [1.54, 1.807) is 35.2 Å². The van der Waals surface area contributed by atoms with E-state index in [9.17, 15) is 9.59 Å². The Morgan fingerprint density at radius 2 is 1.73 bits per heavy atom. The van der Waals surface area contributed by atoms with Crippen molar-refractivity contribution >= 4 is 35.0 Å². The van der Waals surface area contributed by atoms with Crippen LogP contribution >= 0.6 is 23.2 Å². The Balaban J connectivity index is 1.98. The number of carbonyl (C=O) groups excluding carboxylic acids is 2. The smallest absolute Gasteiger partial charge is 0.256 e. The molecule has 1 aliphatic heterocycles. The third kappa shape index (κ3) is 4.19. The molecule has 2 aromatic carbocycles. The monoisotopic (exact) mass is 390 g/mol. The van der Waals surface area contributed by atoms with Crippen molar-refractivity contribution in [1.82, 2.24) is 10.2 Å². The van der Waals surface area contributed by atoms with Crippen LogP contribution < -0.4 is 5.32 Å². The first-order valence-electron chi connectivity index (χ1n) is 8.64. The zero-order valence-electron chi connectivity index (χ0n) is 14.3. The normalized spacial score (nSPS) is 17.3. The van der Waals surface area contributed by atoms with Gasteiger partial charge in [-0.2, -0.15) is 0 Å². The van der Waals surface area contributed by atoms with Crippen molar-refractivity contribution < 1.29 is 9.59 Å². The second-order valence-electron chi connectivity index (χ2n) is 6.31. The lowest BCUT2D eigenvalue weighted by atomic mass is 10.1. The maximum atomic E-state index is 13.3. The number of amides is 2. The Morgan fingerprint density at radius 3 is 2.46 bits per heavy atom. The lowest BCUT2D eigenvalue weighted by Gasteiger charge is -2.30. The maximum absolute atomic E-state index is 13.3. The predicted molar refractivity (Wildman–Crippen MR) is 103 cm³/mol. The molecule has 0 radical (unpaired) electrons.